The fraction of sp³-hybridized carbons (Fsp3) is 1.00. The van der Waals surface area contributed by atoms with Crippen molar-refractivity contribution in [2.24, 2.45) is 0 Å². The van der Waals surface area contributed by atoms with Crippen molar-refractivity contribution in [1.82, 2.24) is 5.32 Å². The molecule has 2 heteroatoms. The minimum atomic E-state index is 0.357. The highest BCUT2D eigenvalue weighted by molar-refractivity contribution is 4.78. The first-order chi connectivity index (χ1) is 6.74. The third-order valence-electron chi connectivity index (χ3n) is 3.02. The van der Waals surface area contributed by atoms with Crippen LogP contribution in [-0.2, 0) is 4.74 Å². The molecule has 1 aliphatic rings. The lowest BCUT2D eigenvalue weighted by Gasteiger charge is -2.30. The molecule has 0 aromatic carbocycles. The van der Waals surface area contributed by atoms with Gasteiger partial charge in [0.15, 0.2) is 0 Å². The van der Waals surface area contributed by atoms with Gasteiger partial charge in [0.05, 0.1) is 12.2 Å². The van der Waals surface area contributed by atoms with Gasteiger partial charge in [-0.15, -0.1) is 0 Å². The summed E-state index contributed by atoms with van der Waals surface area (Å²) in [4.78, 5) is 0. The standard InChI is InChI=1S/C12H25NO/c1-10(2)14-12-9-7-5-4-6-8-11(12)13-3/h10-13H,4-9H2,1-3H3/t11-,12-/m1/s1. The van der Waals surface area contributed by atoms with Gasteiger partial charge in [0.1, 0.15) is 0 Å². The van der Waals surface area contributed by atoms with Crippen LogP contribution < -0.4 is 5.32 Å². The fourth-order valence-electron chi connectivity index (χ4n) is 2.29. The van der Waals surface area contributed by atoms with E-state index in [1.807, 2.05) is 0 Å². The van der Waals surface area contributed by atoms with Gasteiger partial charge >= 0.3 is 0 Å². The van der Waals surface area contributed by atoms with E-state index in [9.17, 15) is 0 Å². The second kappa shape index (κ2) is 6.41. The summed E-state index contributed by atoms with van der Waals surface area (Å²) in [5.41, 5.74) is 0. The van der Waals surface area contributed by atoms with Crippen LogP contribution in [0.5, 0.6) is 0 Å². The zero-order chi connectivity index (χ0) is 10.4. The molecule has 0 bridgehead atoms. The van der Waals surface area contributed by atoms with E-state index in [2.05, 4.69) is 26.2 Å². The molecule has 0 aliphatic heterocycles. The zero-order valence-corrected chi connectivity index (χ0v) is 9.88. The number of hydrogen-bond acceptors (Lipinski definition) is 2. The summed E-state index contributed by atoms with van der Waals surface area (Å²) in [6, 6.07) is 0.567. The maximum atomic E-state index is 5.97. The van der Waals surface area contributed by atoms with Crippen LogP contribution in [0.2, 0.25) is 0 Å². The van der Waals surface area contributed by atoms with E-state index in [-0.39, 0.29) is 0 Å². The van der Waals surface area contributed by atoms with E-state index in [0.29, 0.717) is 18.2 Å². The van der Waals surface area contributed by atoms with Crippen molar-refractivity contribution >= 4 is 0 Å². The normalized spacial score (nSPS) is 30.0. The first-order valence-electron chi connectivity index (χ1n) is 6.06. The van der Waals surface area contributed by atoms with Crippen molar-refractivity contribution in [2.75, 3.05) is 7.05 Å². The molecule has 1 fully saturated rings. The van der Waals surface area contributed by atoms with Crippen molar-refractivity contribution in [3.63, 3.8) is 0 Å². The van der Waals surface area contributed by atoms with Crippen LogP contribution >= 0.6 is 0 Å². The minimum absolute atomic E-state index is 0.357. The second-order valence-corrected chi connectivity index (χ2v) is 4.61. The molecule has 0 saturated heterocycles. The van der Waals surface area contributed by atoms with Gasteiger partial charge in [-0.25, -0.2) is 0 Å². The SMILES string of the molecule is CN[C@@H]1CCCCCC[C@H]1OC(C)C. The summed E-state index contributed by atoms with van der Waals surface area (Å²) in [5.74, 6) is 0. The van der Waals surface area contributed by atoms with E-state index in [0.717, 1.165) is 0 Å². The maximum Gasteiger partial charge on any atom is 0.0731 e. The molecule has 0 spiro atoms. The molecule has 0 aromatic heterocycles. The fourth-order valence-corrected chi connectivity index (χ4v) is 2.29. The van der Waals surface area contributed by atoms with Gasteiger partial charge in [0.2, 0.25) is 0 Å². The largest absolute Gasteiger partial charge is 0.374 e. The highest BCUT2D eigenvalue weighted by Gasteiger charge is 2.22. The van der Waals surface area contributed by atoms with Crippen LogP contribution in [0.1, 0.15) is 52.4 Å². The van der Waals surface area contributed by atoms with Crippen molar-refractivity contribution in [1.29, 1.82) is 0 Å². The molecule has 2 nitrogen and oxygen atoms in total. The van der Waals surface area contributed by atoms with Gasteiger partial charge < -0.3 is 10.1 Å². The first-order valence-corrected chi connectivity index (χ1v) is 6.06. The van der Waals surface area contributed by atoms with Crippen LogP contribution in [0, 0.1) is 0 Å². The molecule has 0 radical (unpaired) electrons. The highest BCUT2D eigenvalue weighted by Crippen LogP contribution is 2.20. The Morgan fingerprint density at radius 1 is 1.07 bits per heavy atom. The lowest BCUT2D eigenvalue weighted by atomic mass is 9.94. The first kappa shape index (κ1) is 12.0. The predicted octanol–water partition coefficient (Wildman–Crippen LogP) is 2.72. The van der Waals surface area contributed by atoms with E-state index < -0.39 is 0 Å². The third-order valence-corrected chi connectivity index (χ3v) is 3.02. The molecule has 1 aliphatic carbocycles. The van der Waals surface area contributed by atoms with Gasteiger partial charge in [-0.05, 0) is 33.7 Å². The lowest BCUT2D eigenvalue weighted by Crippen LogP contribution is -2.41. The van der Waals surface area contributed by atoms with E-state index in [1.54, 1.807) is 0 Å². The van der Waals surface area contributed by atoms with Crippen molar-refractivity contribution in [3.8, 4) is 0 Å². The van der Waals surface area contributed by atoms with Crippen LogP contribution in [0.15, 0.2) is 0 Å². The van der Waals surface area contributed by atoms with E-state index in [4.69, 9.17) is 4.74 Å². The summed E-state index contributed by atoms with van der Waals surface area (Å²) < 4.78 is 5.97. The predicted molar refractivity (Wildman–Crippen MR) is 60.6 cm³/mol. The number of nitrogens with one attached hydrogen (secondary N) is 1. The van der Waals surface area contributed by atoms with Gasteiger partial charge in [-0.2, -0.15) is 0 Å². The molecule has 0 heterocycles. The second-order valence-electron chi connectivity index (χ2n) is 4.61. The Bertz CT molecular complexity index is 147. The Balaban J connectivity index is 2.45. The molecule has 14 heavy (non-hydrogen) atoms. The molecule has 0 aromatic rings. The number of hydrogen-bond donors (Lipinski definition) is 1. The number of likely N-dealkylation sites (N-methyl/N-ethyl adjacent to an activating group) is 1. The van der Waals surface area contributed by atoms with Gasteiger partial charge in [0, 0.05) is 6.04 Å². The van der Waals surface area contributed by atoms with E-state index >= 15 is 0 Å². The summed E-state index contributed by atoms with van der Waals surface area (Å²) in [6.45, 7) is 4.26. The summed E-state index contributed by atoms with van der Waals surface area (Å²) >= 11 is 0. The topological polar surface area (TPSA) is 21.3 Å². The maximum absolute atomic E-state index is 5.97. The van der Waals surface area contributed by atoms with Crippen LogP contribution in [0.25, 0.3) is 0 Å². The molecule has 84 valence electrons. The van der Waals surface area contributed by atoms with Crippen LogP contribution in [0.4, 0.5) is 0 Å². The van der Waals surface area contributed by atoms with Crippen molar-refractivity contribution in [2.45, 2.75) is 70.6 Å². The monoisotopic (exact) mass is 199 g/mol. The van der Waals surface area contributed by atoms with Gasteiger partial charge in [-0.1, -0.05) is 25.7 Å². The molecule has 1 N–H and O–H groups in total. The molecule has 0 unspecified atom stereocenters. The lowest BCUT2D eigenvalue weighted by molar-refractivity contribution is -0.0225. The minimum Gasteiger partial charge on any atom is -0.374 e. The summed E-state index contributed by atoms with van der Waals surface area (Å²) in [6.07, 6.45) is 8.74. The van der Waals surface area contributed by atoms with Gasteiger partial charge in [-0.3, -0.25) is 0 Å². The third kappa shape index (κ3) is 3.97. The summed E-state index contributed by atoms with van der Waals surface area (Å²) in [5, 5.41) is 3.40. The van der Waals surface area contributed by atoms with Crippen LogP contribution in [0.3, 0.4) is 0 Å². The molecule has 0 amide bonds. The molecule has 1 rings (SSSR count). The zero-order valence-electron chi connectivity index (χ0n) is 9.88. The Labute approximate surface area is 88.4 Å². The Morgan fingerprint density at radius 2 is 1.71 bits per heavy atom. The average Bonchev–Trinajstić information content (AvgIpc) is 2.10. The number of ether oxygens (including phenoxy) is 1. The summed E-state index contributed by atoms with van der Waals surface area (Å²) in [7, 11) is 2.06. The van der Waals surface area contributed by atoms with Crippen molar-refractivity contribution in [3.05, 3.63) is 0 Å². The number of rotatable bonds is 3. The molecular formula is C12H25NO. The Morgan fingerprint density at radius 3 is 2.29 bits per heavy atom. The molecule has 2 atom stereocenters. The molecular weight excluding hydrogens is 174 g/mol. The van der Waals surface area contributed by atoms with E-state index in [1.165, 1.54) is 38.5 Å². The Hall–Kier alpha value is -0.0800. The average molecular weight is 199 g/mol. The highest BCUT2D eigenvalue weighted by atomic mass is 16.5. The molecule has 1 saturated carbocycles. The van der Waals surface area contributed by atoms with Crippen molar-refractivity contribution < 1.29 is 4.74 Å². The smallest absolute Gasteiger partial charge is 0.0731 e. The quantitative estimate of drug-likeness (QED) is 0.754. The van der Waals surface area contributed by atoms with Crippen LogP contribution in [-0.4, -0.2) is 25.3 Å². The Kier molecular flexibility index (Phi) is 5.49. The van der Waals surface area contributed by atoms with Gasteiger partial charge in [0.25, 0.3) is 0 Å².